The van der Waals surface area contributed by atoms with Crippen molar-refractivity contribution in [3.63, 3.8) is 0 Å². The fourth-order valence-electron chi connectivity index (χ4n) is 2.73. The smallest absolute Gasteiger partial charge is 0.222 e. The number of likely N-dealkylation sites (tertiary alicyclic amines) is 1. The molecule has 86 valence electrons. The number of carbonyl (C=O) groups excluding carboxylic acids is 1. The van der Waals surface area contributed by atoms with Gasteiger partial charge in [0.2, 0.25) is 5.91 Å². The SMILES string of the molecule is COCCN1C(=O)CC[C@H]2CNCC[C@H]21. The van der Waals surface area contributed by atoms with Gasteiger partial charge in [0.15, 0.2) is 0 Å². The minimum atomic E-state index is 0.315. The molecule has 2 atom stereocenters. The maximum atomic E-state index is 11.8. The van der Waals surface area contributed by atoms with E-state index < -0.39 is 0 Å². The second kappa shape index (κ2) is 4.94. The molecule has 2 fully saturated rings. The second-order valence-corrected chi connectivity index (χ2v) is 4.44. The minimum absolute atomic E-state index is 0.315. The van der Waals surface area contributed by atoms with Crippen molar-refractivity contribution in [2.45, 2.75) is 25.3 Å². The Labute approximate surface area is 91.0 Å². The molecule has 4 nitrogen and oxygen atoms in total. The molecule has 0 aromatic rings. The molecular formula is C11H20N2O2. The van der Waals surface area contributed by atoms with Gasteiger partial charge in [-0.05, 0) is 31.8 Å². The van der Waals surface area contributed by atoms with Crippen LogP contribution in [0.2, 0.25) is 0 Å². The zero-order valence-electron chi connectivity index (χ0n) is 9.37. The summed E-state index contributed by atoms with van der Waals surface area (Å²) in [5.74, 6) is 0.975. The van der Waals surface area contributed by atoms with Crippen LogP contribution in [0.15, 0.2) is 0 Å². The Balaban J connectivity index is 1.99. The summed E-state index contributed by atoms with van der Waals surface area (Å²) in [6.45, 7) is 3.53. The minimum Gasteiger partial charge on any atom is -0.383 e. The number of carbonyl (C=O) groups is 1. The number of rotatable bonds is 3. The van der Waals surface area contributed by atoms with Gasteiger partial charge in [0, 0.05) is 26.1 Å². The maximum Gasteiger partial charge on any atom is 0.222 e. The normalized spacial score (nSPS) is 31.5. The van der Waals surface area contributed by atoms with E-state index in [0.717, 1.165) is 32.5 Å². The van der Waals surface area contributed by atoms with Gasteiger partial charge in [-0.2, -0.15) is 0 Å². The number of ether oxygens (including phenoxy) is 1. The Kier molecular flexibility index (Phi) is 3.59. The van der Waals surface area contributed by atoms with E-state index in [-0.39, 0.29) is 0 Å². The summed E-state index contributed by atoms with van der Waals surface area (Å²) in [6, 6.07) is 0.461. The Morgan fingerprint density at radius 2 is 2.40 bits per heavy atom. The molecule has 0 spiro atoms. The molecule has 15 heavy (non-hydrogen) atoms. The Morgan fingerprint density at radius 1 is 1.53 bits per heavy atom. The van der Waals surface area contributed by atoms with E-state index in [1.165, 1.54) is 0 Å². The fourth-order valence-corrected chi connectivity index (χ4v) is 2.73. The second-order valence-electron chi connectivity index (χ2n) is 4.44. The van der Waals surface area contributed by atoms with E-state index in [2.05, 4.69) is 5.32 Å². The molecule has 0 unspecified atom stereocenters. The van der Waals surface area contributed by atoms with Crippen LogP contribution in [0.4, 0.5) is 0 Å². The molecule has 0 bridgehead atoms. The van der Waals surface area contributed by atoms with Crippen LogP contribution in [0.5, 0.6) is 0 Å². The van der Waals surface area contributed by atoms with Crippen LogP contribution in [0.3, 0.4) is 0 Å². The van der Waals surface area contributed by atoms with E-state index in [1.807, 2.05) is 4.90 Å². The third-order valence-corrected chi connectivity index (χ3v) is 3.55. The lowest BCUT2D eigenvalue weighted by molar-refractivity contribution is -0.140. The number of piperidine rings is 2. The van der Waals surface area contributed by atoms with Crippen molar-refractivity contribution < 1.29 is 9.53 Å². The predicted molar refractivity (Wildman–Crippen MR) is 57.6 cm³/mol. The summed E-state index contributed by atoms with van der Waals surface area (Å²) >= 11 is 0. The van der Waals surface area contributed by atoms with Crippen molar-refractivity contribution in [2.75, 3.05) is 33.4 Å². The first-order chi connectivity index (χ1) is 7.33. The predicted octanol–water partition coefficient (Wildman–Crippen LogP) is 0.233. The van der Waals surface area contributed by atoms with Gasteiger partial charge in [-0.3, -0.25) is 4.79 Å². The van der Waals surface area contributed by atoms with Crippen molar-refractivity contribution in [1.29, 1.82) is 0 Å². The molecule has 1 N–H and O–H groups in total. The lowest BCUT2D eigenvalue weighted by Gasteiger charge is -2.44. The molecule has 2 aliphatic heterocycles. The van der Waals surface area contributed by atoms with Crippen LogP contribution in [0.25, 0.3) is 0 Å². The number of hydrogen-bond donors (Lipinski definition) is 1. The van der Waals surface area contributed by atoms with E-state index in [4.69, 9.17) is 4.74 Å². The Hall–Kier alpha value is -0.610. The Bertz CT molecular complexity index is 233. The highest BCUT2D eigenvalue weighted by molar-refractivity contribution is 5.77. The number of nitrogens with one attached hydrogen (secondary N) is 1. The highest BCUT2D eigenvalue weighted by Gasteiger charge is 2.36. The van der Waals surface area contributed by atoms with Crippen molar-refractivity contribution in [1.82, 2.24) is 10.2 Å². The first-order valence-corrected chi connectivity index (χ1v) is 5.82. The van der Waals surface area contributed by atoms with E-state index >= 15 is 0 Å². The molecule has 2 aliphatic rings. The van der Waals surface area contributed by atoms with Crippen LogP contribution >= 0.6 is 0 Å². The van der Waals surface area contributed by atoms with Gasteiger partial charge < -0.3 is 15.0 Å². The quantitative estimate of drug-likeness (QED) is 0.728. The summed E-state index contributed by atoms with van der Waals surface area (Å²) in [4.78, 5) is 13.8. The third kappa shape index (κ3) is 2.32. The molecule has 2 saturated heterocycles. The zero-order chi connectivity index (χ0) is 10.7. The van der Waals surface area contributed by atoms with Crippen molar-refractivity contribution in [3.8, 4) is 0 Å². The average molecular weight is 212 g/mol. The molecule has 0 aromatic carbocycles. The summed E-state index contributed by atoms with van der Waals surface area (Å²) in [5.41, 5.74) is 0. The van der Waals surface area contributed by atoms with Gasteiger partial charge in [0.05, 0.1) is 6.61 Å². The standard InChI is InChI=1S/C11H20N2O2/c1-15-7-6-13-10-4-5-12-8-9(10)2-3-11(13)14/h9-10,12H,2-8H2,1H3/t9-,10+/m0/s1. The van der Waals surface area contributed by atoms with Crippen LogP contribution in [-0.2, 0) is 9.53 Å². The lowest BCUT2D eigenvalue weighted by atomic mass is 9.84. The first kappa shape index (κ1) is 10.9. The maximum absolute atomic E-state index is 11.8. The van der Waals surface area contributed by atoms with Gasteiger partial charge >= 0.3 is 0 Å². The highest BCUT2D eigenvalue weighted by atomic mass is 16.5. The molecule has 2 rings (SSSR count). The van der Waals surface area contributed by atoms with Crippen LogP contribution in [0, 0.1) is 5.92 Å². The number of fused-ring (bicyclic) bond motifs is 1. The van der Waals surface area contributed by atoms with Crippen molar-refractivity contribution in [2.24, 2.45) is 5.92 Å². The van der Waals surface area contributed by atoms with Crippen LogP contribution in [-0.4, -0.2) is 50.2 Å². The lowest BCUT2D eigenvalue weighted by Crippen LogP contribution is -2.55. The van der Waals surface area contributed by atoms with Crippen molar-refractivity contribution >= 4 is 5.91 Å². The van der Waals surface area contributed by atoms with Gasteiger partial charge in [0.25, 0.3) is 0 Å². The third-order valence-electron chi connectivity index (χ3n) is 3.55. The molecule has 0 aromatic heterocycles. The average Bonchev–Trinajstić information content (AvgIpc) is 2.28. The molecule has 4 heteroatoms. The topological polar surface area (TPSA) is 41.6 Å². The van der Waals surface area contributed by atoms with Gasteiger partial charge in [0.1, 0.15) is 0 Å². The van der Waals surface area contributed by atoms with E-state index in [9.17, 15) is 4.79 Å². The summed E-state index contributed by atoms with van der Waals surface area (Å²) in [6.07, 6.45) is 2.87. The zero-order valence-corrected chi connectivity index (χ0v) is 9.37. The first-order valence-electron chi connectivity index (χ1n) is 5.82. The largest absolute Gasteiger partial charge is 0.383 e. The van der Waals surface area contributed by atoms with Gasteiger partial charge in [-0.25, -0.2) is 0 Å². The van der Waals surface area contributed by atoms with Gasteiger partial charge in [-0.15, -0.1) is 0 Å². The number of amides is 1. The Morgan fingerprint density at radius 3 is 3.20 bits per heavy atom. The number of hydrogen-bond acceptors (Lipinski definition) is 3. The monoisotopic (exact) mass is 212 g/mol. The number of methoxy groups -OCH3 is 1. The van der Waals surface area contributed by atoms with E-state index in [1.54, 1.807) is 7.11 Å². The van der Waals surface area contributed by atoms with Crippen LogP contribution < -0.4 is 5.32 Å². The molecule has 0 saturated carbocycles. The fraction of sp³-hybridized carbons (Fsp3) is 0.909. The molecular weight excluding hydrogens is 192 g/mol. The van der Waals surface area contributed by atoms with Crippen molar-refractivity contribution in [3.05, 3.63) is 0 Å². The number of nitrogens with zero attached hydrogens (tertiary/aromatic N) is 1. The highest BCUT2D eigenvalue weighted by Crippen LogP contribution is 2.28. The summed E-state index contributed by atoms with van der Waals surface area (Å²) in [7, 11) is 1.69. The molecule has 0 aliphatic carbocycles. The van der Waals surface area contributed by atoms with Crippen LogP contribution in [0.1, 0.15) is 19.3 Å². The molecule has 2 heterocycles. The summed E-state index contributed by atoms with van der Waals surface area (Å²) < 4.78 is 5.06. The molecule has 0 radical (unpaired) electrons. The summed E-state index contributed by atoms with van der Waals surface area (Å²) in [5, 5.41) is 3.41. The van der Waals surface area contributed by atoms with E-state index in [0.29, 0.717) is 30.9 Å². The molecule has 1 amide bonds. The van der Waals surface area contributed by atoms with Gasteiger partial charge in [-0.1, -0.05) is 0 Å².